The minimum absolute atomic E-state index is 0.439. The van der Waals surface area contributed by atoms with Crippen LogP contribution in [0.25, 0.3) is 0 Å². The summed E-state index contributed by atoms with van der Waals surface area (Å²) in [6.07, 6.45) is 7.66. The first-order valence-corrected chi connectivity index (χ1v) is 6.23. The average Bonchev–Trinajstić information content (AvgIpc) is 2.33. The first-order chi connectivity index (χ1) is 7.84. The molecule has 3 nitrogen and oxygen atoms in total. The molecule has 3 N–H and O–H groups in total. The molecule has 0 bridgehead atoms. The van der Waals surface area contributed by atoms with Crippen LogP contribution in [0.1, 0.15) is 31.4 Å². The second-order valence-corrected chi connectivity index (χ2v) is 4.64. The Balaban J connectivity index is 1.65. The molecule has 3 heteroatoms. The summed E-state index contributed by atoms with van der Waals surface area (Å²) in [5.74, 6) is 0. The Hall–Kier alpha value is -0.930. The Morgan fingerprint density at radius 1 is 1.25 bits per heavy atom. The Bertz CT molecular complexity index is 291. The number of rotatable bonds is 4. The van der Waals surface area contributed by atoms with Gasteiger partial charge in [0.1, 0.15) is 0 Å². The number of hydrogen-bond donors (Lipinski definition) is 2. The zero-order valence-electron chi connectivity index (χ0n) is 9.73. The summed E-state index contributed by atoms with van der Waals surface area (Å²) < 4.78 is 0. The van der Waals surface area contributed by atoms with Gasteiger partial charge in [0.05, 0.1) is 0 Å². The fourth-order valence-electron chi connectivity index (χ4n) is 2.27. The van der Waals surface area contributed by atoms with Gasteiger partial charge in [-0.15, -0.1) is 0 Å². The third kappa shape index (κ3) is 3.58. The zero-order chi connectivity index (χ0) is 11.2. The molecule has 0 spiro atoms. The van der Waals surface area contributed by atoms with E-state index in [1.165, 1.54) is 31.4 Å². The van der Waals surface area contributed by atoms with Gasteiger partial charge in [0, 0.05) is 36.9 Å². The van der Waals surface area contributed by atoms with Crippen LogP contribution in [0.5, 0.6) is 0 Å². The van der Waals surface area contributed by atoms with Crippen molar-refractivity contribution in [1.82, 2.24) is 10.3 Å². The number of hydrogen-bond acceptors (Lipinski definition) is 3. The molecule has 1 saturated carbocycles. The van der Waals surface area contributed by atoms with E-state index in [9.17, 15) is 0 Å². The quantitative estimate of drug-likeness (QED) is 0.806. The maximum atomic E-state index is 5.88. The van der Waals surface area contributed by atoms with Crippen molar-refractivity contribution in [3.05, 3.63) is 30.1 Å². The zero-order valence-corrected chi connectivity index (χ0v) is 9.73. The van der Waals surface area contributed by atoms with Crippen LogP contribution in [-0.2, 0) is 6.42 Å². The summed E-state index contributed by atoms with van der Waals surface area (Å²) >= 11 is 0. The average molecular weight is 219 g/mol. The van der Waals surface area contributed by atoms with E-state index in [1.807, 2.05) is 18.3 Å². The van der Waals surface area contributed by atoms with Crippen LogP contribution in [0.15, 0.2) is 24.4 Å². The first-order valence-electron chi connectivity index (χ1n) is 6.23. The number of nitrogens with zero attached hydrogens (tertiary/aromatic N) is 1. The van der Waals surface area contributed by atoms with Gasteiger partial charge in [0.2, 0.25) is 0 Å². The van der Waals surface area contributed by atoms with Gasteiger partial charge in [-0.05, 0) is 37.8 Å². The second-order valence-electron chi connectivity index (χ2n) is 4.64. The molecule has 1 aliphatic rings. The van der Waals surface area contributed by atoms with Crippen LogP contribution in [-0.4, -0.2) is 23.6 Å². The molecule has 0 radical (unpaired) electrons. The molecule has 1 aromatic heterocycles. The fraction of sp³-hybridized carbons (Fsp3) is 0.615. The highest BCUT2D eigenvalue weighted by Crippen LogP contribution is 2.16. The van der Waals surface area contributed by atoms with Crippen LogP contribution in [0, 0.1) is 0 Å². The minimum atomic E-state index is 0.439. The SMILES string of the molecule is NC1CCC(NCCc2ccccn2)CC1. The van der Waals surface area contributed by atoms with Gasteiger partial charge in [-0.1, -0.05) is 6.07 Å². The molecule has 1 aromatic rings. The Labute approximate surface area is 97.5 Å². The summed E-state index contributed by atoms with van der Waals surface area (Å²) in [5.41, 5.74) is 7.05. The molecule has 0 atom stereocenters. The highest BCUT2D eigenvalue weighted by molar-refractivity contribution is 5.03. The van der Waals surface area contributed by atoms with Gasteiger partial charge in [-0.25, -0.2) is 0 Å². The molecular formula is C13H21N3. The molecule has 88 valence electrons. The van der Waals surface area contributed by atoms with Crippen LogP contribution < -0.4 is 11.1 Å². The summed E-state index contributed by atoms with van der Waals surface area (Å²) in [5, 5.41) is 3.60. The third-order valence-corrected chi connectivity index (χ3v) is 3.31. The molecule has 0 saturated heterocycles. The van der Waals surface area contributed by atoms with Gasteiger partial charge >= 0.3 is 0 Å². The van der Waals surface area contributed by atoms with E-state index >= 15 is 0 Å². The molecule has 0 aromatic carbocycles. The molecule has 1 fully saturated rings. The largest absolute Gasteiger partial charge is 0.328 e. The van der Waals surface area contributed by atoms with E-state index in [0.29, 0.717) is 12.1 Å². The van der Waals surface area contributed by atoms with Crippen LogP contribution in [0.2, 0.25) is 0 Å². The van der Waals surface area contributed by atoms with Crippen molar-refractivity contribution >= 4 is 0 Å². The van der Waals surface area contributed by atoms with Crippen molar-refractivity contribution in [3.8, 4) is 0 Å². The van der Waals surface area contributed by atoms with E-state index < -0.39 is 0 Å². The van der Waals surface area contributed by atoms with Crippen LogP contribution >= 0.6 is 0 Å². The van der Waals surface area contributed by atoms with E-state index in [2.05, 4.69) is 16.4 Å². The summed E-state index contributed by atoms with van der Waals surface area (Å²) in [6.45, 7) is 1.02. The topological polar surface area (TPSA) is 50.9 Å². The summed E-state index contributed by atoms with van der Waals surface area (Å²) in [6, 6.07) is 7.19. The first kappa shape index (κ1) is 11.6. The number of aromatic nitrogens is 1. The lowest BCUT2D eigenvalue weighted by Crippen LogP contribution is -2.38. The molecular weight excluding hydrogens is 198 g/mol. The molecule has 16 heavy (non-hydrogen) atoms. The van der Waals surface area contributed by atoms with Gasteiger partial charge in [-0.3, -0.25) is 4.98 Å². The van der Waals surface area contributed by atoms with Gasteiger partial charge in [0.25, 0.3) is 0 Å². The lowest BCUT2D eigenvalue weighted by atomic mass is 9.92. The Morgan fingerprint density at radius 2 is 2.06 bits per heavy atom. The Kier molecular flexibility index (Phi) is 4.31. The highest BCUT2D eigenvalue weighted by atomic mass is 14.9. The fourth-order valence-corrected chi connectivity index (χ4v) is 2.27. The maximum Gasteiger partial charge on any atom is 0.0416 e. The highest BCUT2D eigenvalue weighted by Gasteiger charge is 2.17. The van der Waals surface area contributed by atoms with E-state index in [-0.39, 0.29) is 0 Å². The smallest absolute Gasteiger partial charge is 0.0416 e. The van der Waals surface area contributed by atoms with Gasteiger partial charge in [-0.2, -0.15) is 0 Å². The van der Waals surface area contributed by atoms with Crippen LogP contribution in [0.4, 0.5) is 0 Å². The number of nitrogens with one attached hydrogen (secondary N) is 1. The molecule has 1 heterocycles. The van der Waals surface area contributed by atoms with Gasteiger partial charge < -0.3 is 11.1 Å². The monoisotopic (exact) mass is 219 g/mol. The lowest BCUT2D eigenvalue weighted by Gasteiger charge is -2.26. The van der Waals surface area contributed by atoms with E-state index in [4.69, 9.17) is 5.73 Å². The summed E-state index contributed by atoms with van der Waals surface area (Å²) in [4.78, 5) is 4.31. The van der Waals surface area contributed by atoms with Crippen molar-refractivity contribution in [2.45, 2.75) is 44.2 Å². The minimum Gasteiger partial charge on any atom is -0.328 e. The van der Waals surface area contributed by atoms with Crippen LogP contribution in [0.3, 0.4) is 0 Å². The van der Waals surface area contributed by atoms with E-state index in [0.717, 1.165) is 13.0 Å². The predicted molar refractivity (Wildman–Crippen MR) is 66.2 cm³/mol. The standard InChI is InChI=1S/C13H21N3/c14-11-4-6-13(7-5-11)16-10-8-12-3-1-2-9-15-12/h1-3,9,11,13,16H,4-8,10,14H2. The molecule has 0 aliphatic heterocycles. The normalized spacial score (nSPS) is 25.6. The van der Waals surface area contributed by atoms with Crippen molar-refractivity contribution in [2.75, 3.05) is 6.54 Å². The van der Waals surface area contributed by atoms with Crippen molar-refractivity contribution < 1.29 is 0 Å². The maximum absolute atomic E-state index is 5.88. The molecule has 0 amide bonds. The number of nitrogens with two attached hydrogens (primary N) is 1. The Morgan fingerprint density at radius 3 is 2.75 bits per heavy atom. The molecule has 1 aliphatic carbocycles. The lowest BCUT2D eigenvalue weighted by molar-refractivity contribution is 0.344. The number of pyridine rings is 1. The molecule has 2 rings (SSSR count). The third-order valence-electron chi connectivity index (χ3n) is 3.31. The van der Waals surface area contributed by atoms with Gasteiger partial charge in [0.15, 0.2) is 0 Å². The second kappa shape index (κ2) is 5.97. The summed E-state index contributed by atoms with van der Waals surface area (Å²) in [7, 11) is 0. The predicted octanol–water partition coefficient (Wildman–Crippen LogP) is 1.48. The van der Waals surface area contributed by atoms with Crippen molar-refractivity contribution in [2.24, 2.45) is 5.73 Å². The molecule has 0 unspecified atom stereocenters. The van der Waals surface area contributed by atoms with E-state index in [1.54, 1.807) is 0 Å². The van der Waals surface area contributed by atoms with Crippen molar-refractivity contribution in [1.29, 1.82) is 0 Å². The van der Waals surface area contributed by atoms with Crippen molar-refractivity contribution in [3.63, 3.8) is 0 Å².